The zero-order valence-corrected chi connectivity index (χ0v) is 12.1. The molecule has 1 N–H and O–H groups in total. The molecular formula is C16H17FN4O. The van der Waals surface area contributed by atoms with Crippen LogP contribution in [-0.2, 0) is 0 Å². The second-order valence-corrected chi connectivity index (χ2v) is 5.33. The van der Waals surface area contributed by atoms with Gasteiger partial charge in [-0.15, -0.1) is 0 Å². The van der Waals surface area contributed by atoms with Gasteiger partial charge in [0.25, 0.3) is 5.91 Å². The van der Waals surface area contributed by atoms with Crippen LogP contribution in [0.5, 0.6) is 0 Å². The number of nitrogens with one attached hydrogen (secondary N) is 1. The number of aromatic nitrogens is 2. The molecule has 0 bridgehead atoms. The predicted molar refractivity (Wildman–Crippen MR) is 81.1 cm³/mol. The van der Waals surface area contributed by atoms with Crippen molar-refractivity contribution in [2.75, 3.05) is 18.0 Å². The van der Waals surface area contributed by atoms with Crippen molar-refractivity contribution in [3.8, 4) is 0 Å². The molecule has 2 aromatic rings. The molecule has 1 atom stereocenters. The summed E-state index contributed by atoms with van der Waals surface area (Å²) in [5.74, 6) is -0.470. The van der Waals surface area contributed by atoms with E-state index >= 15 is 0 Å². The van der Waals surface area contributed by atoms with E-state index in [-0.39, 0.29) is 17.8 Å². The number of hydrogen-bond donors (Lipinski definition) is 1. The zero-order valence-electron chi connectivity index (χ0n) is 12.1. The Morgan fingerprint density at radius 2 is 2.27 bits per heavy atom. The Balaban J connectivity index is 1.65. The molecule has 1 unspecified atom stereocenters. The molecule has 1 aromatic heterocycles. The number of piperidine rings is 1. The number of rotatable bonds is 3. The van der Waals surface area contributed by atoms with E-state index in [1.54, 1.807) is 6.07 Å². The van der Waals surface area contributed by atoms with E-state index in [0.717, 1.165) is 25.1 Å². The minimum Gasteiger partial charge on any atom is -0.369 e. The van der Waals surface area contributed by atoms with Gasteiger partial charge in [0, 0.05) is 37.2 Å². The van der Waals surface area contributed by atoms with E-state index in [2.05, 4.69) is 20.2 Å². The van der Waals surface area contributed by atoms with Gasteiger partial charge in [0.1, 0.15) is 11.5 Å². The van der Waals surface area contributed by atoms with Crippen LogP contribution in [0.15, 0.2) is 42.9 Å². The van der Waals surface area contributed by atoms with Gasteiger partial charge in [-0.25, -0.2) is 9.37 Å². The Bertz CT molecular complexity index is 650. The summed E-state index contributed by atoms with van der Waals surface area (Å²) in [5.41, 5.74) is 1.16. The van der Waals surface area contributed by atoms with E-state index in [0.29, 0.717) is 12.2 Å². The average molecular weight is 300 g/mol. The maximum atomic E-state index is 13.3. The SMILES string of the molecule is O=C(NC1CCCN(c2cccc(F)c2)C1)c1cnccn1. The van der Waals surface area contributed by atoms with Crippen LogP contribution < -0.4 is 10.2 Å². The van der Waals surface area contributed by atoms with Crippen LogP contribution in [0, 0.1) is 5.82 Å². The smallest absolute Gasteiger partial charge is 0.271 e. The summed E-state index contributed by atoms with van der Waals surface area (Å²) < 4.78 is 13.3. The largest absolute Gasteiger partial charge is 0.369 e. The minimum atomic E-state index is -0.247. The van der Waals surface area contributed by atoms with Crippen molar-refractivity contribution in [3.05, 3.63) is 54.4 Å². The van der Waals surface area contributed by atoms with Crippen molar-refractivity contribution < 1.29 is 9.18 Å². The lowest BCUT2D eigenvalue weighted by atomic mass is 10.0. The Kier molecular flexibility index (Phi) is 4.27. The average Bonchev–Trinajstić information content (AvgIpc) is 2.56. The van der Waals surface area contributed by atoms with E-state index in [1.165, 1.54) is 30.7 Å². The molecule has 5 nitrogen and oxygen atoms in total. The van der Waals surface area contributed by atoms with Gasteiger partial charge in [-0.1, -0.05) is 6.07 Å². The number of carbonyl (C=O) groups excluding carboxylic acids is 1. The van der Waals surface area contributed by atoms with Crippen LogP contribution >= 0.6 is 0 Å². The highest BCUT2D eigenvalue weighted by Crippen LogP contribution is 2.20. The summed E-state index contributed by atoms with van der Waals surface area (Å²) in [5, 5.41) is 2.97. The molecule has 1 aliphatic rings. The summed E-state index contributed by atoms with van der Waals surface area (Å²) in [4.78, 5) is 22.1. The highest BCUT2D eigenvalue weighted by molar-refractivity contribution is 5.92. The van der Waals surface area contributed by atoms with Crippen molar-refractivity contribution in [2.45, 2.75) is 18.9 Å². The fourth-order valence-corrected chi connectivity index (χ4v) is 2.68. The molecule has 22 heavy (non-hydrogen) atoms. The quantitative estimate of drug-likeness (QED) is 0.942. The van der Waals surface area contributed by atoms with Crippen LogP contribution in [0.25, 0.3) is 0 Å². The topological polar surface area (TPSA) is 58.1 Å². The molecule has 0 aliphatic carbocycles. The fourth-order valence-electron chi connectivity index (χ4n) is 2.68. The molecule has 114 valence electrons. The van der Waals surface area contributed by atoms with E-state index < -0.39 is 0 Å². The van der Waals surface area contributed by atoms with Crippen molar-refractivity contribution >= 4 is 11.6 Å². The summed E-state index contributed by atoms with van der Waals surface area (Å²) in [6.45, 7) is 1.52. The van der Waals surface area contributed by atoms with Crippen molar-refractivity contribution in [1.82, 2.24) is 15.3 Å². The molecule has 1 fully saturated rings. The lowest BCUT2D eigenvalue weighted by Crippen LogP contribution is -2.48. The van der Waals surface area contributed by atoms with Gasteiger partial charge in [-0.3, -0.25) is 9.78 Å². The molecular weight excluding hydrogens is 283 g/mol. The highest BCUT2D eigenvalue weighted by Gasteiger charge is 2.22. The normalized spacial score (nSPS) is 18.0. The van der Waals surface area contributed by atoms with Crippen LogP contribution in [0.1, 0.15) is 23.3 Å². The van der Waals surface area contributed by atoms with Crippen molar-refractivity contribution in [2.24, 2.45) is 0 Å². The molecule has 2 heterocycles. The number of halogens is 1. The zero-order chi connectivity index (χ0) is 15.4. The summed E-state index contributed by atoms with van der Waals surface area (Å²) in [6.07, 6.45) is 6.32. The van der Waals surface area contributed by atoms with Gasteiger partial charge in [0.2, 0.25) is 0 Å². The van der Waals surface area contributed by atoms with Gasteiger partial charge in [-0.2, -0.15) is 0 Å². The van der Waals surface area contributed by atoms with E-state index in [4.69, 9.17) is 0 Å². The number of nitrogens with zero attached hydrogens (tertiary/aromatic N) is 3. The molecule has 0 radical (unpaired) electrons. The molecule has 3 rings (SSSR count). The Labute approximate surface area is 128 Å². The van der Waals surface area contributed by atoms with Gasteiger partial charge < -0.3 is 10.2 Å². The third-order valence-corrected chi connectivity index (χ3v) is 3.73. The predicted octanol–water partition coefficient (Wildman–Crippen LogP) is 2.01. The number of amides is 1. The molecule has 1 saturated heterocycles. The fraction of sp³-hybridized carbons (Fsp3) is 0.312. The van der Waals surface area contributed by atoms with Crippen molar-refractivity contribution in [3.63, 3.8) is 0 Å². The minimum absolute atomic E-state index is 0.0199. The second kappa shape index (κ2) is 6.51. The standard InChI is InChI=1S/C16H17FN4O/c17-12-3-1-5-14(9-12)21-8-2-4-13(11-21)20-16(22)15-10-18-6-7-19-15/h1,3,5-7,9-10,13H,2,4,8,11H2,(H,20,22). The summed E-state index contributed by atoms with van der Waals surface area (Å²) in [6, 6.07) is 6.56. The lowest BCUT2D eigenvalue weighted by Gasteiger charge is -2.34. The maximum Gasteiger partial charge on any atom is 0.271 e. The van der Waals surface area contributed by atoms with E-state index in [9.17, 15) is 9.18 Å². The first-order chi connectivity index (χ1) is 10.7. The summed E-state index contributed by atoms with van der Waals surface area (Å²) >= 11 is 0. The summed E-state index contributed by atoms with van der Waals surface area (Å²) in [7, 11) is 0. The third-order valence-electron chi connectivity index (χ3n) is 3.73. The Hall–Kier alpha value is -2.50. The van der Waals surface area contributed by atoms with Gasteiger partial charge in [-0.05, 0) is 31.0 Å². The molecule has 0 spiro atoms. The van der Waals surface area contributed by atoms with Gasteiger partial charge in [0.15, 0.2) is 0 Å². The molecule has 1 amide bonds. The molecule has 1 aromatic carbocycles. The first-order valence-corrected chi connectivity index (χ1v) is 7.30. The molecule has 1 aliphatic heterocycles. The first-order valence-electron chi connectivity index (χ1n) is 7.30. The Morgan fingerprint density at radius 3 is 3.05 bits per heavy atom. The van der Waals surface area contributed by atoms with Gasteiger partial charge in [0.05, 0.1) is 6.20 Å². The number of anilines is 1. The van der Waals surface area contributed by atoms with Gasteiger partial charge >= 0.3 is 0 Å². The Morgan fingerprint density at radius 1 is 1.36 bits per heavy atom. The van der Waals surface area contributed by atoms with Crippen LogP contribution in [-0.4, -0.2) is 35.0 Å². The van der Waals surface area contributed by atoms with E-state index in [1.807, 2.05) is 6.07 Å². The molecule has 0 saturated carbocycles. The van der Waals surface area contributed by atoms with Crippen LogP contribution in [0.2, 0.25) is 0 Å². The molecule has 6 heteroatoms. The lowest BCUT2D eigenvalue weighted by molar-refractivity contribution is 0.0927. The first kappa shape index (κ1) is 14.4. The maximum absolute atomic E-state index is 13.3. The van der Waals surface area contributed by atoms with Crippen molar-refractivity contribution in [1.29, 1.82) is 0 Å². The number of hydrogen-bond acceptors (Lipinski definition) is 4. The number of benzene rings is 1. The third kappa shape index (κ3) is 3.39. The number of carbonyl (C=O) groups is 1. The second-order valence-electron chi connectivity index (χ2n) is 5.33. The van der Waals surface area contributed by atoms with Crippen LogP contribution in [0.3, 0.4) is 0 Å². The van der Waals surface area contributed by atoms with Crippen LogP contribution in [0.4, 0.5) is 10.1 Å². The highest BCUT2D eigenvalue weighted by atomic mass is 19.1. The monoisotopic (exact) mass is 300 g/mol.